The van der Waals surface area contributed by atoms with E-state index in [-0.39, 0.29) is 24.9 Å². The smallest absolute Gasteiger partial charge is 0.256 e. The van der Waals surface area contributed by atoms with Crippen molar-refractivity contribution >= 4 is 28.8 Å². The molecule has 9 heteroatoms. The molecule has 0 saturated heterocycles. The molecule has 2 heterocycles. The highest BCUT2D eigenvalue weighted by molar-refractivity contribution is 7.14. The van der Waals surface area contributed by atoms with Gasteiger partial charge < -0.3 is 10.2 Å². The lowest BCUT2D eigenvalue weighted by Gasteiger charge is -2.32. The number of fused-ring (bicyclic) bond motifs is 1. The van der Waals surface area contributed by atoms with Crippen LogP contribution in [0.2, 0.25) is 0 Å². The van der Waals surface area contributed by atoms with Crippen molar-refractivity contribution in [2.24, 2.45) is 0 Å². The van der Waals surface area contributed by atoms with Gasteiger partial charge in [0.15, 0.2) is 0 Å². The highest BCUT2D eigenvalue weighted by Gasteiger charge is 2.27. The molecule has 2 amide bonds. The topological polar surface area (TPSA) is 81.7 Å². The van der Waals surface area contributed by atoms with E-state index in [4.69, 9.17) is 0 Å². The highest BCUT2D eigenvalue weighted by Crippen LogP contribution is 2.30. The van der Waals surface area contributed by atoms with E-state index in [1.807, 2.05) is 61.1 Å². The molecule has 1 aromatic heterocycles. The standard InChI is InChI=1S/C28H36N6O2S/c1-5-6-9-14-29-26(35)18-33(25-15-22(13-12-20(25)2)28-31-30-21(3)37-28)19-27(36)32(4)34-16-23-10-7-8-11-24(23)17-34/h7-8,10-13,15H,5-6,9,14,16-19H2,1-4H3,(H,29,35). The third kappa shape index (κ3) is 6.72. The van der Waals surface area contributed by atoms with E-state index in [2.05, 4.69) is 34.6 Å². The van der Waals surface area contributed by atoms with Crippen molar-refractivity contribution in [3.8, 4) is 10.6 Å². The SMILES string of the molecule is CCCCCNC(=O)CN(CC(=O)N(C)N1Cc2ccccc2C1)c1cc(-c2nnc(C)s2)ccc1C. The van der Waals surface area contributed by atoms with Crippen LogP contribution < -0.4 is 10.2 Å². The fourth-order valence-electron chi connectivity index (χ4n) is 4.51. The summed E-state index contributed by atoms with van der Waals surface area (Å²) in [4.78, 5) is 28.3. The first-order valence-corrected chi connectivity index (χ1v) is 13.7. The summed E-state index contributed by atoms with van der Waals surface area (Å²) in [5.74, 6) is -0.153. The second-order valence-electron chi connectivity index (χ2n) is 9.55. The minimum absolute atomic E-state index is 0.0665. The van der Waals surface area contributed by atoms with Crippen LogP contribution in [-0.2, 0) is 22.7 Å². The second-order valence-corrected chi connectivity index (χ2v) is 10.7. The molecule has 1 aliphatic heterocycles. The third-order valence-corrected chi connectivity index (χ3v) is 7.58. The summed E-state index contributed by atoms with van der Waals surface area (Å²) in [7, 11) is 1.81. The maximum atomic E-state index is 13.5. The van der Waals surface area contributed by atoms with Gasteiger partial charge in [0, 0.05) is 37.9 Å². The fourth-order valence-corrected chi connectivity index (χ4v) is 5.19. The molecule has 4 rings (SSSR count). The van der Waals surface area contributed by atoms with E-state index in [1.165, 1.54) is 22.5 Å². The summed E-state index contributed by atoms with van der Waals surface area (Å²) in [5.41, 5.74) is 5.24. The summed E-state index contributed by atoms with van der Waals surface area (Å²) < 4.78 is 0. The number of aryl methyl sites for hydroxylation is 2. The van der Waals surface area contributed by atoms with Gasteiger partial charge in [-0.1, -0.05) is 67.5 Å². The number of hydrazine groups is 1. The van der Waals surface area contributed by atoms with Gasteiger partial charge in [0.2, 0.25) is 5.91 Å². The van der Waals surface area contributed by atoms with E-state index in [1.54, 1.807) is 5.01 Å². The van der Waals surface area contributed by atoms with Crippen molar-refractivity contribution in [1.82, 2.24) is 25.5 Å². The molecule has 0 aliphatic carbocycles. The van der Waals surface area contributed by atoms with Gasteiger partial charge >= 0.3 is 0 Å². The van der Waals surface area contributed by atoms with Crippen molar-refractivity contribution in [2.75, 3.05) is 31.6 Å². The minimum Gasteiger partial charge on any atom is -0.355 e. The molecule has 37 heavy (non-hydrogen) atoms. The Morgan fingerprint density at radius 3 is 2.41 bits per heavy atom. The first-order valence-electron chi connectivity index (χ1n) is 12.9. The average Bonchev–Trinajstić information content (AvgIpc) is 3.52. The maximum Gasteiger partial charge on any atom is 0.256 e. The quantitative estimate of drug-likeness (QED) is 0.379. The van der Waals surface area contributed by atoms with E-state index in [0.29, 0.717) is 19.6 Å². The Labute approximate surface area is 223 Å². The van der Waals surface area contributed by atoms with Crippen LogP contribution >= 0.6 is 11.3 Å². The number of benzene rings is 2. The fraction of sp³-hybridized carbons (Fsp3) is 0.429. The monoisotopic (exact) mass is 520 g/mol. The zero-order valence-electron chi connectivity index (χ0n) is 22.2. The van der Waals surface area contributed by atoms with E-state index in [0.717, 1.165) is 46.1 Å². The number of amides is 2. The minimum atomic E-state index is -0.0864. The molecule has 0 fully saturated rings. The Bertz CT molecular complexity index is 1220. The molecule has 3 aromatic rings. The predicted octanol–water partition coefficient (Wildman–Crippen LogP) is 4.32. The van der Waals surface area contributed by atoms with Crippen LogP contribution in [0.25, 0.3) is 10.6 Å². The molecule has 0 saturated carbocycles. The molecule has 0 radical (unpaired) electrons. The average molecular weight is 521 g/mol. The summed E-state index contributed by atoms with van der Waals surface area (Å²) in [6.45, 7) is 8.29. The molecule has 1 aliphatic rings. The Hall–Kier alpha value is -3.30. The lowest BCUT2D eigenvalue weighted by molar-refractivity contribution is -0.145. The lowest BCUT2D eigenvalue weighted by atomic mass is 10.1. The predicted molar refractivity (Wildman–Crippen MR) is 148 cm³/mol. The largest absolute Gasteiger partial charge is 0.355 e. The number of hydrogen-bond acceptors (Lipinski definition) is 7. The lowest BCUT2D eigenvalue weighted by Crippen LogP contribution is -2.48. The van der Waals surface area contributed by atoms with Crippen molar-refractivity contribution < 1.29 is 9.59 Å². The molecule has 8 nitrogen and oxygen atoms in total. The number of carbonyl (C=O) groups is 2. The highest BCUT2D eigenvalue weighted by atomic mass is 32.1. The Morgan fingerprint density at radius 1 is 1.03 bits per heavy atom. The molecule has 0 spiro atoms. The van der Waals surface area contributed by atoms with Crippen molar-refractivity contribution in [3.05, 3.63) is 64.2 Å². The van der Waals surface area contributed by atoms with Gasteiger partial charge in [0.25, 0.3) is 5.91 Å². The zero-order chi connectivity index (χ0) is 26.4. The number of aromatic nitrogens is 2. The summed E-state index contributed by atoms with van der Waals surface area (Å²) in [6, 6.07) is 14.3. The van der Waals surface area contributed by atoms with Crippen LogP contribution in [0.3, 0.4) is 0 Å². The number of anilines is 1. The van der Waals surface area contributed by atoms with E-state index >= 15 is 0 Å². The number of likely N-dealkylation sites (N-methyl/N-ethyl adjacent to an activating group) is 1. The number of carbonyl (C=O) groups excluding carboxylic acids is 2. The van der Waals surface area contributed by atoms with Gasteiger partial charge in [-0.15, -0.1) is 10.2 Å². The van der Waals surface area contributed by atoms with Gasteiger partial charge in [0.05, 0.1) is 13.1 Å². The van der Waals surface area contributed by atoms with Crippen LogP contribution in [0, 0.1) is 13.8 Å². The maximum absolute atomic E-state index is 13.5. The Morgan fingerprint density at radius 2 is 1.76 bits per heavy atom. The summed E-state index contributed by atoms with van der Waals surface area (Å²) in [5, 5.41) is 16.9. The number of unbranched alkanes of at least 4 members (excludes halogenated alkanes) is 2. The molecular formula is C28H36N6O2S. The number of nitrogens with zero attached hydrogens (tertiary/aromatic N) is 5. The van der Waals surface area contributed by atoms with Gasteiger partial charge in [0.1, 0.15) is 10.0 Å². The van der Waals surface area contributed by atoms with Crippen molar-refractivity contribution in [3.63, 3.8) is 0 Å². The van der Waals surface area contributed by atoms with Gasteiger partial charge in [-0.2, -0.15) is 0 Å². The normalized spacial score (nSPS) is 12.9. The molecule has 0 unspecified atom stereocenters. The molecule has 196 valence electrons. The molecule has 0 atom stereocenters. The molecule has 1 N–H and O–H groups in total. The number of hydrogen-bond donors (Lipinski definition) is 1. The Kier molecular flexibility index (Phi) is 8.89. The first-order chi connectivity index (χ1) is 17.9. The van der Waals surface area contributed by atoms with Crippen LogP contribution in [-0.4, -0.2) is 58.7 Å². The van der Waals surface area contributed by atoms with Gasteiger partial charge in [-0.25, -0.2) is 5.01 Å². The van der Waals surface area contributed by atoms with Crippen LogP contribution in [0.1, 0.15) is 47.9 Å². The van der Waals surface area contributed by atoms with Gasteiger partial charge in [-0.3, -0.25) is 14.6 Å². The summed E-state index contributed by atoms with van der Waals surface area (Å²) in [6.07, 6.45) is 3.12. The van der Waals surface area contributed by atoms with Crippen LogP contribution in [0.4, 0.5) is 5.69 Å². The zero-order valence-corrected chi connectivity index (χ0v) is 23.0. The Balaban J connectivity index is 1.53. The first kappa shape index (κ1) is 26.8. The van der Waals surface area contributed by atoms with Crippen molar-refractivity contribution in [2.45, 2.75) is 53.1 Å². The van der Waals surface area contributed by atoms with Crippen LogP contribution in [0.5, 0.6) is 0 Å². The van der Waals surface area contributed by atoms with E-state index in [9.17, 15) is 9.59 Å². The molecular weight excluding hydrogens is 484 g/mol. The van der Waals surface area contributed by atoms with Gasteiger partial charge in [-0.05, 0) is 43.0 Å². The molecule has 0 bridgehead atoms. The van der Waals surface area contributed by atoms with E-state index < -0.39 is 0 Å². The number of nitrogens with one attached hydrogen (secondary N) is 1. The number of rotatable bonds is 11. The third-order valence-electron chi connectivity index (χ3n) is 6.70. The van der Waals surface area contributed by atoms with Crippen molar-refractivity contribution in [1.29, 1.82) is 0 Å². The van der Waals surface area contributed by atoms with Crippen LogP contribution in [0.15, 0.2) is 42.5 Å². The molecule has 2 aromatic carbocycles. The summed E-state index contributed by atoms with van der Waals surface area (Å²) >= 11 is 1.52. The second kappa shape index (κ2) is 12.3.